The number of nitrogens with zero attached hydrogens (tertiary/aromatic N) is 2. The van der Waals surface area contributed by atoms with Crippen LogP contribution in [0.5, 0.6) is 0 Å². The summed E-state index contributed by atoms with van der Waals surface area (Å²) < 4.78 is 28.6. The zero-order valence-corrected chi connectivity index (χ0v) is 30.1. The van der Waals surface area contributed by atoms with Crippen LogP contribution < -0.4 is 0 Å². The first-order valence-corrected chi connectivity index (χ1v) is 18.8. The summed E-state index contributed by atoms with van der Waals surface area (Å²) in [5.41, 5.74) is 3.64. The van der Waals surface area contributed by atoms with Crippen molar-refractivity contribution in [1.82, 2.24) is 9.55 Å². The van der Waals surface area contributed by atoms with Crippen LogP contribution in [0.25, 0.3) is 17.3 Å². The first kappa shape index (κ1) is 34.9. The molecule has 1 heterocycles. The fourth-order valence-electron chi connectivity index (χ4n) is 10.1. The highest BCUT2D eigenvalue weighted by Crippen LogP contribution is 2.62. The van der Waals surface area contributed by atoms with Gasteiger partial charge < -0.3 is 14.0 Å². The summed E-state index contributed by atoms with van der Waals surface area (Å²) in [6, 6.07) is 36.2. The summed E-state index contributed by atoms with van der Waals surface area (Å²) >= 11 is 0. The predicted octanol–water partition coefficient (Wildman–Crippen LogP) is 9.13. The Morgan fingerprint density at radius 2 is 1.45 bits per heavy atom. The predicted molar refractivity (Wildman–Crippen MR) is 203 cm³/mol. The van der Waals surface area contributed by atoms with E-state index in [1.165, 1.54) is 13.2 Å². The third-order valence-electron chi connectivity index (χ3n) is 12.3. The van der Waals surface area contributed by atoms with Crippen LogP contribution in [0.1, 0.15) is 60.8 Å². The van der Waals surface area contributed by atoms with Crippen LogP contribution in [0, 0.1) is 34.9 Å². The van der Waals surface area contributed by atoms with Gasteiger partial charge in [0.15, 0.2) is 5.78 Å². The van der Waals surface area contributed by atoms with Crippen molar-refractivity contribution in [3.63, 3.8) is 0 Å². The molecule has 0 spiro atoms. The zero-order valence-electron chi connectivity index (χ0n) is 30.1. The second-order valence-corrected chi connectivity index (χ2v) is 15.2. The lowest BCUT2D eigenvalue weighted by Gasteiger charge is -2.59. The molecular formula is C46H45FN2O4. The fourth-order valence-corrected chi connectivity index (χ4v) is 10.1. The van der Waals surface area contributed by atoms with Crippen LogP contribution in [0.4, 0.5) is 4.39 Å². The lowest BCUT2D eigenvalue weighted by molar-refractivity contribution is -0.152. The number of allylic oxidation sites excluding steroid dienone is 1. The molecular weight excluding hydrogens is 664 g/mol. The number of hydrogen-bond donors (Lipinski definition) is 0. The van der Waals surface area contributed by atoms with E-state index in [0.29, 0.717) is 53.7 Å². The first-order valence-electron chi connectivity index (χ1n) is 18.8. The molecule has 9 rings (SSSR count). The van der Waals surface area contributed by atoms with Crippen molar-refractivity contribution in [2.75, 3.05) is 20.3 Å². The number of hydrogen-bond acceptors (Lipinski definition) is 5. The van der Waals surface area contributed by atoms with Gasteiger partial charge in [0.05, 0.1) is 32.2 Å². The lowest BCUT2D eigenvalue weighted by atomic mass is 9.45. The molecule has 4 aliphatic carbocycles. The summed E-state index contributed by atoms with van der Waals surface area (Å²) in [6.45, 7) is 0.971. The number of methoxy groups -OCH3 is 1. The molecule has 4 bridgehead atoms. The van der Waals surface area contributed by atoms with E-state index < -0.39 is 16.8 Å². The monoisotopic (exact) mass is 708 g/mol. The molecule has 4 fully saturated rings. The smallest absolute Gasteiger partial charge is 0.307 e. The van der Waals surface area contributed by atoms with Gasteiger partial charge in [-0.2, -0.15) is 0 Å². The van der Waals surface area contributed by atoms with Gasteiger partial charge in [-0.25, -0.2) is 9.37 Å². The van der Waals surface area contributed by atoms with E-state index in [4.69, 9.17) is 14.5 Å². The SMILES string of the molecule is COC(=O)CCOCC1C2CC3CC1CC(C(=O)/C=C/c1c(F)cccc1-c1cn(C(c4ccccc4)(c4ccccc4)c4ccccc4)cn1)(C3)C2. The van der Waals surface area contributed by atoms with Gasteiger partial charge in [0.25, 0.3) is 0 Å². The molecule has 0 amide bonds. The number of aromatic nitrogens is 2. The average molecular weight is 709 g/mol. The van der Waals surface area contributed by atoms with Crippen LogP contribution in [-0.2, 0) is 24.6 Å². The summed E-state index contributed by atoms with van der Waals surface area (Å²) in [5.74, 6) is 1.21. The summed E-state index contributed by atoms with van der Waals surface area (Å²) in [4.78, 5) is 30.6. The van der Waals surface area contributed by atoms with E-state index in [0.717, 1.165) is 48.8 Å². The highest BCUT2D eigenvalue weighted by Gasteiger charge is 2.57. The number of imidazole rings is 1. The van der Waals surface area contributed by atoms with Crippen molar-refractivity contribution in [2.45, 2.75) is 44.1 Å². The Morgan fingerprint density at radius 3 is 2.04 bits per heavy atom. The number of ketones is 1. The molecule has 2 unspecified atom stereocenters. The van der Waals surface area contributed by atoms with Crippen molar-refractivity contribution in [1.29, 1.82) is 0 Å². The minimum absolute atomic E-state index is 0.0953. The number of esters is 1. The minimum Gasteiger partial charge on any atom is -0.469 e. The highest BCUT2D eigenvalue weighted by molar-refractivity contribution is 5.99. The van der Waals surface area contributed by atoms with Crippen LogP contribution in [0.2, 0.25) is 0 Å². The Labute approximate surface area is 310 Å². The summed E-state index contributed by atoms with van der Waals surface area (Å²) in [7, 11) is 1.39. The Balaban J connectivity index is 1.09. The van der Waals surface area contributed by atoms with E-state index in [9.17, 15) is 9.59 Å². The molecule has 5 aromatic rings. The maximum absolute atomic E-state index is 15.8. The van der Waals surface area contributed by atoms with Crippen molar-refractivity contribution in [3.8, 4) is 11.3 Å². The maximum Gasteiger partial charge on any atom is 0.307 e. The number of carbonyl (C=O) groups is 2. The van der Waals surface area contributed by atoms with Gasteiger partial charge in [0, 0.05) is 29.3 Å². The highest BCUT2D eigenvalue weighted by atomic mass is 19.1. The van der Waals surface area contributed by atoms with Gasteiger partial charge in [-0.15, -0.1) is 0 Å². The number of benzene rings is 4. The van der Waals surface area contributed by atoms with E-state index in [2.05, 4.69) is 41.0 Å². The minimum atomic E-state index is -0.753. The van der Waals surface area contributed by atoms with Crippen LogP contribution in [0.15, 0.2) is 128 Å². The van der Waals surface area contributed by atoms with E-state index in [1.54, 1.807) is 18.2 Å². The summed E-state index contributed by atoms with van der Waals surface area (Å²) in [6.07, 6.45) is 12.2. The van der Waals surface area contributed by atoms with Gasteiger partial charge in [0.2, 0.25) is 0 Å². The molecule has 0 N–H and O–H groups in total. The topological polar surface area (TPSA) is 70.4 Å². The van der Waals surface area contributed by atoms with Crippen LogP contribution >= 0.6 is 0 Å². The molecule has 4 aromatic carbocycles. The molecule has 6 nitrogen and oxygen atoms in total. The third-order valence-corrected chi connectivity index (χ3v) is 12.3. The van der Waals surface area contributed by atoms with E-state index >= 15 is 4.39 Å². The molecule has 0 saturated heterocycles. The quantitative estimate of drug-likeness (QED) is 0.0528. The summed E-state index contributed by atoms with van der Waals surface area (Å²) in [5, 5.41) is 0. The van der Waals surface area contributed by atoms with Crippen molar-refractivity contribution >= 4 is 17.8 Å². The number of ether oxygens (including phenoxy) is 2. The Bertz CT molecular complexity index is 1980. The number of halogens is 1. The molecule has 0 aliphatic heterocycles. The third kappa shape index (κ3) is 6.46. The van der Waals surface area contributed by atoms with Gasteiger partial charge >= 0.3 is 5.97 Å². The normalized spacial score (nSPS) is 23.4. The fraction of sp³-hybridized carbons (Fsp3) is 0.326. The Kier molecular flexibility index (Phi) is 9.69. The molecule has 53 heavy (non-hydrogen) atoms. The molecule has 4 saturated carbocycles. The van der Waals surface area contributed by atoms with Gasteiger partial charge in [-0.05, 0) is 90.7 Å². The van der Waals surface area contributed by atoms with Gasteiger partial charge in [0.1, 0.15) is 11.4 Å². The number of rotatable bonds is 13. The van der Waals surface area contributed by atoms with Crippen molar-refractivity contribution in [3.05, 3.63) is 156 Å². The van der Waals surface area contributed by atoms with Crippen LogP contribution in [0.3, 0.4) is 0 Å². The maximum atomic E-state index is 15.8. The molecule has 1 aromatic heterocycles. The standard InChI is InChI=1S/C46H45FN2O4/c1-52-44(51)22-23-53-30-40-33-24-32-25-34(40)28-45(26-32,27-33)43(50)21-20-38-39(18-11-19-41(38)47)42-29-49(31-48-42)46(35-12-5-2-6-13-35,36-14-7-3-8-15-36)37-16-9-4-10-17-37/h2-21,29,31-34,40H,22-28,30H2,1H3/b21-20+. The second kappa shape index (κ2) is 14.7. The van der Waals surface area contributed by atoms with Crippen molar-refractivity contribution < 1.29 is 23.5 Å². The molecule has 2 atom stereocenters. The van der Waals surface area contributed by atoms with Crippen molar-refractivity contribution in [2.24, 2.45) is 29.1 Å². The second-order valence-electron chi connectivity index (χ2n) is 15.2. The van der Waals surface area contributed by atoms with E-state index in [-0.39, 0.29) is 18.2 Å². The van der Waals surface area contributed by atoms with Gasteiger partial charge in [-0.1, -0.05) is 103 Å². The Morgan fingerprint density at radius 1 is 0.849 bits per heavy atom. The molecule has 0 radical (unpaired) electrons. The average Bonchev–Trinajstić information content (AvgIpc) is 3.68. The molecule has 7 heteroatoms. The van der Waals surface area contributed by atoms with Gasteiger partial charge in [-0.3, -0.25) is 9.59 Å². The molecule has 270 valence electrons. The number of carbonyl (C=O) groups excluding carboxylic acids is 2. The lowest BCUT2D eigenvalue weighted by Crippen LogP contribution is -2.54. The zero-order chi connectivity index (χ0) is 36.4. The first-order chi connectivity index (χ1) is 25.9. The largest absolute Gasteiger partial charge is 0.469 e. The van der Waals surface area contributed by atoms with Crippen LogP contribution in [-0.4, -0.2) is 41.6 Å². The molecule has 4 aliphatic rings. The Hall–Kier alpha value is -5.14. The van der Waals surface area contributed by atoms with E-state index in [1.807, 2.05) is 73.2 Å².